The van der Waals surface area contributed by atoms with Crippen molar-refractivity contribution in [2.24, 2.45) is 0 Å². The summed E-state index contributed by atoms with van der Waals surface area (Å²) in [5.74, 6) is -0.412. The van der Waals surface area contributed by atoms with E-state index in [1.165, 1.54) is 6.08 Å². The minimum atomic E-state index is -0.522. The van der Waals surface area contributed by atoms with Gasteiger partial charge in [-0.3, -0.25) is 0 Å². The Morgan fingerprint density at radius 1 is 1.40 bits per heavy atom. The van der Waals surface area contributed by atoms with Gasteiger partial charge >= 0.3 is 12.1 Å². The first-order valence-corrected chi connectivity index (χ1v) is 6.76. The standard InChI is InChI=1S/C14H23NO5/c1-5-18-12(16)7-6-11-10-15(8-9-19-11)13(17)20-14(2,3)4/h6-7,11H,5,8-10H2,1-4H3/b7-6+/t11-/m1/s1. The molecule has 0 aromatic rings. The predicted octanol–water partition coefficient (Wildman–Crippen LogP) is 1.74. The number of esters is 1. The van der Waals surface area contributed by atoms with Crippen LogP contribution in [0.2, 0.25) is 0 Å². The maximum Gasteiger partial charge on any atom is 0.410 e. The van der Waals surface area contributed by atoms with Crippen LogP contribution in [0.5, 0.6) is 0 Å². The van der Waals surface area contributed by atoms with Gasteiger partial charge in [-0.2, -0.15) is 0 Å². The zero-order valence-corrected chi connectivity index (χ0v) is 12.5. The summed E-state index contributed by atoms with van der Waals surface area (Å²) in [4.78, 5) is 24.7. The molecule has 0 radical (unpaired) electrons. The Morgan fingerprint density at radius 3 is 2.70 bits per heavy atom. The van der Waals surface area contributed by atoms with Gasteiger partial charge in [-0.15, -0.1) is 0 Å². The number of rotatable bonds is 3. The SMILES string of the molecule is CCOC(=O)/C=C/[C@@H]1CN(C(=O)OC(C)(C)C)CCO1. The van der Waals surface area contributed by atoms with E-state index in [4.69, 9.17) is 14.2 Å². The fourth-order valence-corrected chi connectivity index (χ4v) is 1.66. The molecule has 6 heteroatoms. The molecule has 0 aliphatic carbocycles. The van der Waals surface area contributed by atoms with Crippen molar-refractivity contribution >= 4 is 12.1 Å². The zero-order valence-electron chi connectivity index (χ0n) is 12.5. The first-order chi connectivity index (χ1) is 9.31. The number of morpholine rings is 1. The van der Waals surface area contributed by atoms with Crippen LogP contribution < -0.4 is 0 Å². The van der Waals surface area contributed by atoms with Gasteiger partial charge in [-0.05, 0) is 33.8 Å². The molecule has 0 bridgehead atoms. The van der Waals surface area contributed by atoms with Gasteiger partial charge in [0.15, 0.2) is 0 Å². The summed E-state index contributed by atoms with van der Waals surface area (Å²) in [5.41, 5.74) is -0.522. The number of ether oxygens (including phenoxy) is 3. The summed E-state index contributed by atoms with van der Waals surface area (Å²) < 4.78 is 15.6. The summed E-state index contributed by atoms with van der Waals surface area (Å²) in [6, 6.07) is 0. The van der Waals surface area contributed by atoms with E-state index in [0.29, 0.717) is 26.3 Å². The van der Waals surface area contributed by atoms with Crippen LogP contribution in [-0.2, 0) is 19.0 Å². The number of amides is 1. The van der Waals surface area contributed by atoms with Crippen LogP contribution in [0.15, 0.2) is 12.2 Å². The molecule has 0 unspecified atom stereocenters. The smallest absolute Gasteiger partial charge is 0.410 e. The van der Waals surface area contributed by atoms with Crippen molar-refractivity contribution in [2.75, 3.05) is 26.3 Å². The van der Waals surface area contributed by atoms with Gasteiger partial charge in [0.05, 0.1) is 25.9 Å². The van der Waals surface area contributed by atoms with Gasteiger partial charge in [-0.1, -0.05) is 0 Å². The third-order valence-electron chi connectivity index (χ3n) is 2.48. The lowest BCUT2D eigenvalue weighted by atomic mass is 10.2. The van der Waals surface area contributed by atoms with Gasteiger partial charge in [-0.25, -0.2) is 9.59 Å². The van der Waals surface area contributed by atoms with Crippen molar-refractivity contribution < 1.29 is 23.8 Å². The third kappa shape index (κ3) is 6.06. The van der Waals surface area contributed by atoms with Crippen molar-refractivity contribution in [3.63, 3.8) is 0 Å². The Kier molecular flexibility index (Phi) is 6.01. The second-order valence-corrected chi connectivity index (χ2v) is 5.45. The summed E-state index contributed by atoms with van der Waals surface area (Å²) in [5, 5.41) is 0. The lowest BCUT2D eigenvalue weighted by molar-refractivity contribution is -0.137. The summed E-state index contributed by atoms with van der Waals surface area (Å²) >= 11 is 0. The topological polar surface area (TPSA) is 65.1 Å². The van der Waals surface area contributed by atoms with Gasteiger partial charge in [0.1, 0.15) is 5.60 Å². The highest BCUT2D eigenvalue weighted by molar-refractivity contribution is 5.82. The molecule has 1 heterocycles. The van der Waals surface area contributed by atoms with Crippen LogP contribution in [0.1, 0.15) is 27.7 Å². The van der Waals surface area contributed by atoms with Crippen LogP contribution in [-0.4, -0.2) is 55.0 Å². The maximum absolute atomic E-state index is 11.9. The highest BCUT2D eigenvalue weighted by Gasteiger charge is 2.27. The second kappa shape index (κ2) is 7.28. The van der Waals surface area contributed by atoms with Crippen LogP contribution in [0, 0.1) is 0 Å². The van der Waals surface area contributed by atoms with E-state index in [0.717, 1.165) is 0 Å². The van der Waals surface area contributed by atoms with Crippen molar-refractivity contribution in [3.8, 4) is 0 Å². The molecular weight excluding hydrogens is 262 g/mol. The van der Waals surface area contributed by atoms with Gasteiger partial charge in [0, 0.05) is 12.6 Å². The van der Waals surface area contributed by atoms with Crippen LogP contribution in [0.3, 0.4) is 0 Å². The second-order valence-electron chi connectivity index (χ2n) is 5.45. The number of nitrogens with zero attached hydrogens (tertiary/aromatic N) is 1. The molecule has 1 saturated heterocycles. The summed E-state index contributed by atoms with van der Waals surface area (Å²) in [6.07, 6.45) is 2.25. The van der Waals surface area contributed by atoms with Gasteiger partial charge in [0.2, 0.25) is 0 Å². The fraction of sp³-hybridized carbons (Fsp3) is 0.714. The molecule has 1 amide bonds. The lowest BCUT2D eigenvalue weighted by Crippen LogP contribution is -2.46. The first-order valence-electron chi connectivity index (χ1n) is 6.76. The Hall–Kier alpha value is -1.56. The van der Waals surface area contributed by atoms with E-state index in [1.54, 1.807) is 17.9 Å². The van der Waals surface area contributed by atoms with E-state index in [-0.39, 0.29) is 12.2 Å². The third-order valence-corrected chi connectivity index (χ3v) is 2.48. The van der Waals surface area contributed by atoms with Crippen molar-refractivity contribution in [3.05, 3.63) is 12.2 Å². The molecule has 1 rings (SSSR count). The molecule has 0 aromatic carbocycles. The first kappa shape index (κ1) is 16.5. The molecule has 0 spiro atoms. The number of hydrogen-bond donors (Lipinski definition) is 0. The summed E-state index contributed by atoms with van der Waals surface area (Å²) in [7, 11) is 0. The van der Waals surface area contributed by atoms with Crippen LogP contribution in [0.4, 0.5) is 4.79 Å². The molecule has 20 heavy (non-hydrogen) atoms. The van der Waals surface area contributed by atoms with Crippen molar-refractivity contribution in [1.82, 2.24) is 4.90 Å². The number of carbonyl (C=O) groups is 2. The highest BCUT2D eigenvalue weighted by Crippen LogP contribution is 2.13. The van der Waals surface area contributed by atoms with E-state index in [9.17, 15) is 9.59 Å². The van der Waals surface area contributed by atoms with E-state index < -0.39 is 11.6 Å². The molecule has 1 aliphatic heterocycles. The Labute approximate surface area is 119 Å². The van der Waals surface area contributed by atoms with Gasteiger partial charge in [0.25, 0.3) is 0 Å². The quantitative estimate of drug-likeness (QED) is 0.584. The number of carbonyl (C=O) groups excluding carboxylic acids is 2. The summed E-state index contributed by atoms with van der Waals surface area (Å²) in [6.45, 7) is 8.81. The molecule has 0 N–H and O–H groups in total. The Bertz CT molecular complexity index is 372. The largest absolute Gasteiger partial charge is 0.463 e. The molecular formula is C14H23NO5. The lowest BCUT2D eigenvalue weighted by Gasteiger charge is -2.33. The molecule has 0 aromatic heterocycles. The molecule has 6 nitrogen and oxygen atoms in total. The monoisotopic (exact) mass is 285 g/mol. The molecule has 114 valence electrons. The minimum absolute atomic E-state index is 0.319. The minimum Gasteiger partial charge on any atom is -0.463 e. The molecule has 1 atom stereocenters. The molecule has 1 fully saturated rings. The molecule has 1 aliphatic rings. The fourth-order valence-electron chi connectivity index (χ4n) is 1.66. The average molecular weight is 285 g/mol. The van der Waals surface area contributed by atoms with E-state index in [1.807, 2.05) is 20.8 Å². The van der Waals surface area contributed by atoms with Crippen LogP contribution in [0.25, 0.3) is 0 Å². The predicted molar refractivity (Wildman–Crippen MR) is 73.3 cm³/mol. The van der Waals surface area contributed by atoms with E-state index >= 15 is 0 Å². The average Bonchev–Trinajstić information content (AvgIpc) is 2.35. The maximum atomic E-state index is 11.9. The van der Waals surface area contributed by atoms with Gasteiger partial charge < -0.3 is 19.1 Å². The van der Waals surface area contributed by atoms with Crippen LogP contribution >= 0.6 is 0 Å². The van der Waals surface area contributed by atoms with Crippen molar-refractivity contribution in [1.29, 1.82) is 0 Å². The molecule has 0 saturated carbocycles. The van der Waals surface area contributed by atoms with E-state index in [2.05, 4.69) is 0 Å². The normalized spacial score (nSPS) is 20.0. The Morgan fingerprint density at radius 2 is 2.10 bits per heavy atom. The highest BCUT2D eigenvalue weighted by atomic mass is 16.6. The van der Waals surface area contributed by atoms with Crippen molar-refractivity contribution in [2.45, 2.75) is 39.4 Å². The number of hydrogen-bond acceptors (Lipinski definition) is 5. The Balaban J connectivity index is 2.50. The zero-order chi connectivity index (χ0) is 15.2.